The van der Waals surface area contributed by atoms with Gasteiger partial charge in [-0.15, -0.1) is 12.4 Å². The third-order valence-electron chi connectivity index (χ3n) is 3.81. The lowest BCUT2D eigenvalue weighted by Crippen LogP contribution is -2.33. The van der Waals surface area contributed by atoms with Gasteiger partial charge in [0, 0.05) is 6.54 Å². The molecule has 0 aliphatic rings. The molecule has 2 aromatic rings. The van der Waals surface area contributed by atoms with Crippen LogP contribution in [0, 0.1) is 6.92 Å². The van der Waals surface area contributed by atoms with Crippen molar-refractivity contribution in [2.24, 2.45) is 5.73 Å². The van der Waals surface area contributed by atoms with Gasteiger partial charge in [0.25, 0.3) is 0 Å². The van der Waals surface area contributed by atoms with E-state index in [4.69, 9.17) is 15.2 Å². The molecule has 1 atom stereocenters. The van der Waals surface area contributed by atoms with Gasteiger partial charge in [-0.3, -0.25) is 4.79 Å². The van der Waals surface area contributed by atoms with Crippen LogP contribution in [-0.4, -0.2) is 25.8 Å². The van der Waals surface area contributed by atoms with E-state index in [9.17, 15) is 18.0 Å². The highest BCUT2D eigenvalue weighted by Crippen LogP contribution is 2.29. The molecule has 0 aliphatic carbocycles. The Kier molecular flexibility index (Phi) is 8.59. The molecule has 2 aromatic carbocycles. The second-order valence-electron chi connectivity index (χ2n) is 6.00. The van der Waals surface area contributed by atoms with Crippen molar-refractivity contribution in [2.45, 2.75) is 25.7 Å². The molecule has 0 fully saturated rings. The van der Waals surface area contributed by atoms with Gasteiger partial charge in [0.1, 0.15) is 6.04 Å². The summed E-state index contributed by atoms with van der Waals surface area (Å²) in [5.41, 5.74) is 8.33. The minimum Gasteiger partial charge on any atom is -0.493 e. The predicted octanol–water partition coefficient (Wildman–Crippen LogP) is 3.68. The summed E-state index contributed by atoms with van der Waals surface area (Å²) in [5, 5.41) is 2.70. The van der Waals surface area contributed by atoms with E-state index in [-0.39, 0.29) is 36.4 Å². The Morgan fingerprint density at radius 2 is 1.79 bits per heavy atom. The smallest absolute Gasteiger partial charge is 0.422 e. The maximum Gasteiger partial charge on any atom is 0.422 e. The molecular formula is C19H22ClF3N2O3. The average molecular weight is 419 g/mol. The molecule has 1 unspecified atom stereocenters. The van der Waals surface area contributed by atoms with E-state index in [0.717, 1.165) is 5.56 Å². The summed E-state index contributed by atoms with van der Waals surface area (Å²) in [6, 6.07) is 10.9. The molecule has 0 aliphatic heterocycles. The summed E-state index contributed by atoms with van der Waals surface area (Å²) in [4.78, 5) is 12.2. The second-order valence-corrected chi connectivity index (χ2v) is 6.00. The number of benzene rings is 2. The Hall–Kier alpha value is -2.45. The van der Waals surface area contributed by atoms with Crippen LogP contribution in [0.4, 0.5) is 13.2 Å². The summed E-state index contributed by atoms with van der Waals surface area (Å²) in [6.45, 7) is 0.671. The van der Waals surface area contributed by atoms with Gasteiger partial charge in [-0.1, -0.05) is 35.9 Å². The summed E-state index contributed by atoms with van der Waals surface area (Å²) in [5.74, 6) is -0.245. The van der Waals surface area contributed by atoms with E-state index >= 15 is 0 Å². The van der Waals surface area contributed by atoms with Crippen LogP contribution >= 0.6 is 12.4 Å². The first kappa shape index (κ1) is 23.6. The Labute approximate surface area is 167 Å². The Bertz CT molecular complexity index is 783. The van der Waals surface area contributed by atoms with Gasteiger partial charge in [-0.25, -0.2) is 0 Å². The molecule has 5 nitrogen and oxygen atoms in total. The minimum atomic E-state index is -4.44. The highest BCUT2D eigenvalue weighted by Gasteiger charge is 2.29. The van der Waals surface area contributed by atoms with Crippen LogP contribution in [0.3, 0.4) is 0 Å². The van der Waals surface area contributed by atoms with E-state index in [1.165, 1.54) is 19.2 Å². The third-order valence-corrected chi connectivity index (χ3v) is 3.81. The number of hydrogen-bond donors (Lipinski definition) is 2. The Morgan fingerprint density at radius 3 is 2.36 bits per heavy atom. The predicted molar refractivity (Wildman–Crippen MR) is 102 cm³/mol. The number of nitrogens with one attached hydrogen (secondary N) is 1. The van der Waals surface area contributed by atoms with E-state index < -0.39 is 18.8 Å². The fourth-order valence-corrected chi connectivity index (χ4v) is 2.33. The molecule has 0 aromatic heterocycles. The monoisotopic (exact) mass is 418 g/mol. The molecule has 0 bridgehead atoms. The zero-order valence-corrected chi connectivity index (χ0v) is 16.2. The molecule has 3 N–H and O–H groups in total. The van der Waals surface area contributed by atoms with Gasteiger partial charge in [0.15, 0.2) is 18.1 Å². The molecule has 0 heterocycles. The first-order valence-electron chi connectivity index (χ1n) is 8.16. The van der Waals surface area contributed by atoms with E-state index in [1.807, 2.05) is 19.1 Å². The summed E-state index contributed by atoms with van der Waals surface area (Å²) < 4.78 is 46.6. The van der Waals surface area contributed by atoms with Gasteiger partial charge in [0.2, 0.25) is 5.91 Å². The van der Waals surface area contributed by atoms with Crippen molar-refractivity contribution in [1.29, 1.82) is 0 Å². The quantitative estimate of drug-likeness (QED) is 0.719. The van der Waals surface area contributed by atoms with Crippen molar-refractivity contribution in [1.82, 2.24) is 5.32 Å². The number of carbonyl (C=O) groups excluding carboxylic acids is 1. The van der Waals surface area contributed by atoms with Crippen molar-refractivity contribution < 1.29 is 27.4 Å². The van der Waals surface area contributed by atoms with Gasteiger partial charge in [0.05, 0.1) is 7.11 Å². The lowest BCUT2D eigenvalue weighted by atomic mass is 10.1. The number of hydrogen-bond acceptors (Lipinski definition) is 4. The molecular weight excluding hydrogens is 397 g/mol. The maximum atomic E-state index is 12.3. The molecule has 154 valence electrons. The average Bonchev–Trinajstić information content (AvgIpc) is 2.64. The lowest BCUT2D eigenvalue weighted by molar-refractivity contribution is -0.153. The van der Waals surface area contributed by atoms with Crippen molar-refractivity contribution in [2.75, 3.05) is 13.7 Å². The van der Waals surface area contributed by atoms with Crippen LogP contribution < -0.4 is 20.5 Å². The molecule has 1 amide bonds. The third kappa shape index (κ3) is 6.94. The van der Waals surface area contributed by atoms with E-state index in [0.29, 0.717) is 11.1 Å². The van der Waals surface area contributed by atoms with Crippen LogP contribution in [0.5, 0.6) is 11.5 Å². The number of nitrogens with two attached hydrogens (primary N) is 1. The second kappa shape index (κ2) is 10.2. The van der Waals surface area contributed by atoms with Crippen molar-refractivity contribution in [3.63, 3.8) is 0 Å². The fraction of sp³-hybridized carbons (Fsp3) is 0.316. The summed E-state index contributed by atoms with van der Waals surface area (Å²) in [6.07, 6.45) is -4.44. The normalized spacial score (nSPS) is 11.9. The van der Waals surface area contributed by atoms with Crippen molar-refractivity contribution >= 4 is 18.3 Å². The number of ether oxygens (including phenoxy) is 2. The lowest BCUT2D eigenvalue weighted by Gasteiger charge is -2.15. The van der Waals surface area contributed by atoms with E-state index in [2.05, 4.69) is 5.32 Å². The summed E-state index contributed by atoms with van der Waals surface area (Å²) >= 11 is 0. The van der Waals surface area contributed by atoms with Gasteiger partial charge in [-0.2, -0.15) is 13.2 Å². The van der Waals surface area contributed by atoms with Crippen LogP contribution in [0.2, 0.25) is 0 Å². The molecule has 0 saturated carbocycles. The topological polar surface area (TPSA) is 73.6 Å². The van der Waals surface area contributed by atoms with Crippen LogP contribution in [0.15, 0.2) is 42.5 Å². The van der Waals surface area contributed by atoms with Crippen LogP contribution in [-0.2, 0) is 11.3 Å². The molecule has 0 spiro atoms. The Morgan fingerprint density at radius 1 is 1.14 bits per heavy atom. The van der Waals surface area contributed by atoms with E-state index in [1.54, 1.807) is 18.2 Å². The summed E-state index contributed by atoms with van der Waals surface area (Å²) in [7, 11) is 1.32. The van der Waals surface area contributed by atoms with Crippen LogP contribution in [0.1, 0.15) is 22.7 Å². The number of amides is 1. The molecule has 9 heteroatoms. The largest absolute Gasteiger partial charge is 0.493 e. The fourth-order valence-electron chi connectivity index (χ4n) is 2.33. The number of halogens is 4. The minimum absolute atomic E-state index is 0. The SMILES string of the molecule is COc1cc(CNC(=O)C(N)c2ccc(C)cc2)ccc1OCC(F)(F)F.Cl. The molecule has 2 rings (SSSR count). The zero-order chi connectivity index (χ0) is 20.0. The van der Waals surface area contributed by atoms with Gasteiger partial charge >= 0.3 is 6.18 Å². The van der Waals surface area contributed by atoms with Gasteiger partial charge in [-0.05, 0) is 30.2 Å². The Balaban J connectivity index is 0.00000392. The maximum absolute atomic E-state index is 12.3. The number of rotatable bonds is 7. The number of methoxy groups -OCH3 is 1. The van der Waals surface area contributed by atoms with Crippen LogP contribution in [0.25, 0.3) is 0 Å². The number of alkyl halides is 3. The highest BCUT2D eigenvalue weighted by molar-refractivity contribution is 5.85. The number of carbonyl (C=O) groups is 1. The molecule has 0 radical (unpaired) electrons. The van der Waals surface area contributed by atoms with Gasteiger partial charge < -0.3 is 20.5 Å². The zero-order valence-electron chi connectivity index (χ0n) is 15.4. The van der Waals surface area contributed by atoms with Crippen molar-refractivity contribution in [3.8, 4) is 11.5 Å². The molecule has 28 heavy (non-hydrogen) atoms. The highest BCUT2D eigenvalue weighted by atomic mass is 35.5. The van der Waals surface area contributed by atoms with Crippen molar-refractivity contribution in [3.05, 3.63) is 59.2 Å². The molecule has 0 saturated heterocycles. The first-order valence-corrected chi connectivity index (χ1v) is 8.16. The number of aryl methyl sites for hydroxylation is 1. The standard InChI is InChI=1S/C19H21F3N2O3.ClH/c1-12-3-6-14(7-4-12)17(23)18(25)24-10-13-5-8-15(16(9-13)26-2)27-11-19(20,21)22;/h3-9,17H,10-11,23H2,1-2H3,(H,24,25);1H. The first-order chi connectivity index (χ1) is 12.7.